The summed E-state index contributed by atoms with van der Waals surface area (Å²) in [5.41, 5.74) is 3.76. The molecule has 5 aromatic rings. The van der Waals surface area contributed by atoms with Gasteiger partial charge >= 0.3 is 17.9 Å². The van der Waals surface area contributed by atoms with Crippen molar-refractivity contribution in [1.82, 2.24) is 0 Å². The first-order valence-corrected chi connectivity index (χ1v) is 23.2. The molecule has 2 saturated heterocycles. The van der Waals surface area contributed by atoms with E-state index in [0.29, 0.717) is 6.61 Å². The van der Waals surface area contributed by atoms with Gasteiger partial charge in [-0.2, -0.15) is 0 Å². The molecule has 14 heteroatoms. The van der Waals surface area contributed by atoms with Crippen molar-refractivity contribution in [3.63, 3.8) is 0 Å². The van der Waals surface area contributed by atoms with E-state index in [4.69, 9.17) is 47.4 Å². The molecule has 7 rings (SSSR count). The summed E-state index contributed by atoms with van der Waals surface area (Å²) in [4.78, 5) is 40.2. The van der Waals surface area contributed by atoms with E-state index >= 15 is 0 Å². The summed E-state index contributed by atoms with van der Waals surface area (Å²) in [6, 6.07) is 46.3. The van der Waals surface area contributed by atoms with Gasteiger partial charge in [0.25, 0.3) is 0 Å². The van der Waals surface area contributed by atoms with Crippen LogP contribution in [-0.2, 0) is 88.2 Å². The van der Waals surface area contributed by atoms with Crippen LogP contribution in [0.15, 0.2) is 150 Å². The standard InChI is InChI=1S/C53H58O13S/c1-35-25-27-43(28-26-35)67-53-51(49(62-37(3)55)47(60-32-42-23-15-8-16-24-42)45(65-53)34-58-30-40-19-11-6-12-20-40)66-52-50(63-38(4)56)48(61-36(2)54)46(59-31-41-21-13-7-14-22-41)44(64-52)33-57-29-39-17-9-5-10-18-39/h5-28,44-53H,29-34H2,1-4H3/t44-,45-,46-,47-,48+,49+,50+,51+,52-,53-/m1/s1. The Kier molecular flexibility index (Phi) is 18.5. The van der Waals surface area contributed by atoms with Gasteiger partial charge in [-0.05, 0) is 41.3 Å². The molecule has 0 aliphatic carbocycles. The predicted molar refractivity (Wildman–Crippen MR) is 248 cm³/mol. The number of aryl methyl sites for hydroxylation is 1. The fourth-order valence-corrected chi connectivity index (χ4v) is 9.03. The lowest BCUT2D eigenvalue weighted by atomic mass is 9.96. The van der Waals surface area contributed by atoms with Gasteiger partial charge in [-0.15, -0.1) is 0 Å². The number of hydrogen-bond acceptors (Lipinski definition) is 14. The largest absolute Gasteiger partial charge is 0.457 e. The van der Waals surface area contributed by atoms with Crippen LogP contribution in [0.2, 0.25) is 0 Å². The van der Waals surface area contributed by atoms with Crippen LogP contribution in [-0.4, -0.2) is 91.7 Å². The van der Waals surface area contributed by atoms with Crippen LogP contribution in [0.4, 0.5) is 0 Å². The zero-order chi connectivity index (χ0) is 47.0. The Morgan fingerprint density at radius 3 is 1.28 bits per heavy atom. The summed E-state index contributed by atoms with van der Waals surface area (Å²) in [6.07, 6.45) is -10.1. The third-order valence-electron chi connectivity index (χ3n) is 11.0. The highest BCUT2D eigenvalue weighted by Gasteiger charge is 2.56. The minimum absolute atomic E-state index is 0.0432. The average Bonchev–Trinajstić information content (AvgIpc) is 3.32. The van der Waals surface area contributed by atoms with Crippen LogP contribution in [0.5, 0.6) is 0 Å². The van der Waals surface area contributed by atoms with Crippen molar-refractivity contribution >= 4 is 29.7 Å². The second kappa shape index (κ2) is 25.1. The fourth-order valence-electron chi connectivity index (χ4n) is 7.92. The van der Waals surface area contributed by atoms with E-state index in [9.17, 15) is 14.4 Å². The molecule has 2 heterocycles. The van der Waals surface area contributed by atoms with Crippen molar-refractivity contribution in [3.05, 3.63) is 173 Å². The maximum atomic E-state index is 13.3. The van der Waals surface area contributed by atoms with E-state index in [1.165, 1.54) is 32.5 Å². The van der Waals surface area contributed by atoms with E-state index in [-0.39, 0.29) is 33.0 Å². The van der Waals surface area contributed by atoms with Crippen molar-refractivity contribution < 1.29 is 61.8 Å². The van der Waals surface area contributed by atoms with Crippen molar-refractivity contribution in [2.75, 3.05) is 13.2 Å². The van der Waals surface area contributed by atoms with Gasteiger partial charge in [-0.1, -0.05) is 151 Å². The maximum absolute atomic E-state index is 13.3. The van der Waals surface area contributed by atoms with E-state index in [1.807, 2.05) is 153 Å². The molecule has 0 unspecified atom stereocenters. The zero-order valence-corrected chi connectivity index (χ0v) is 38.9. The molecule has 10 atom stereocenters. The molecule has 0 spiro atoms. The Labute approximate surface area is 396 Å². The number of ether oxygens (including phenoxy) is 10. The first-order chi connectivity index (χ1) is 32.6. The van der Waals surface area contributed by atoms with E-state index in [0.717, 1.165) is 32.7 Å². The van der Waals surface area contributed by atoms with Crippen molar-refractivity contribution in [2.45, 2.75) is 120 Å². The van der Waals surface area contributed by atoms with Gasteiger partial charge in [-0.3, -0.25) is 14.4 Å². The zero-order valence-electron chi connectivity index (χ0n) is 38.1. The first-order valence-electron chi connectivity index (χ1n) is 22.4. The third kappa shape index (κ3) is 14.8. The SMILES string of the molecule is CC(=O)O[C@@H]1[C@H](OC(C)=O)[C@@H](O[C@H]2[C@@H](OC(C)=O)[C@H](OCc3ccccc3)[C@@H](COCc3ccccc3)O[C@@H]2Sc2ccc(C)cc2)O[C@H](COCc2ccccc2)[C@H]1OCc1ccccc1. The van der Waals surface area contributed by atoms with Gasteiger partial charge in [0.05, 0.1) is 39.6 Å². The minimum Gasteiger partial charge on any atom is -0.457 e. The Hall–Kier alpha value is -5.42. The number of hydrogen-bond donors (Lipinski definition) is 0. The van der Waals surface area contributed by atoms with Crippen LogP contribution in [0.25, 0.3) is 0 Å². The highest BCUT2D eigenvalue weighted by molar-refractivity contribution is 7.99. The molecule has 0 radical (unpaired) electrons. The molecule has 0 N–H and O–H groups in total. The predicted octanol–water partition coefficient (Wildman–Crippen LogP) is 8.32. The van der Waals surface area contributed by atoms with E-state index < -0.39 is 78.5 Å². The number of thioether (sulfide) groups is 1. The number of benzene rings is 5. The molecule has 0 amide bonds. The number of esters is 3. The Morgan fingerprint density at radius 1 is 0.463 bits per heavy atom. The van der Waals surface area contributed by atoms with Gasteiger partial charge in [0.2, 0.25) is 0 Å². The van der Waals surface area contributed by atoms with Gasteiger partial charge in [0.1, 0.15) is 36.0 Å². The summed E-state index contributed by atoms with van der Waals surface area (Å²) < 4.78 is 64.9. The Balaban J connectivity index is 1.27. The average molecular weight is 935 g/mol. The van der Waals surface area contributed by atoms with Crippen LogP contribution in [0.3, 0.4) is 0 Å². The summed E-state index contributed by atoms with van der Waals surface area (Å²) >= 11 is 1.35. The molecule has 0 aromatic heterocycles. The molecule has 2 aliphatic rings. The van der Waals surface area contributed by atoms with Gasteiger partial charge in [-0.25, -0.2) is 0 Å². The topological polar surface area (TPSA) is 144 Å². The highest BCUT2D eigenvalue weighted by atomic mass is 32.2. The second-order valence-corrected chi connectivity index (χ2v) is 17.5. The molecular weight excluding hydrogens is 877 g/mol. The van der Waals surface area contributed by atoms with E-state index in [2.05, 4.69) is 0 Å². The maximum Gasteiger partial charge on any atom is 0.303 e. The third-order valence-corrected chi connectivity index (χ3v) is 12.2. The van der Waals surface area contributed by atoms with Crippen LogP contribution >= 0.6 is 11.8 Å². The lowest BCUT2D eigenvalue weighted by molar-refractivity contribution is -0.344. The first kappa shape index (κ1) is 49.5. The Bertz CT molecular complexity index is 2270. The van der Waals surface area contributed by atoms with Gasteiger partial charge in [0.15, 0.2) is 24.6 Å². The molecule has 13 nitrogen and oxygen atoms in total. The molecule has 67 heavy (non-hydrogen) atoms. The molecule has 2 fully saturated rings. The summed E-state index contributed by atoms with van der Waals surface area (Å²) in [6.45, 7) is 6.60. The lowest BCUT2D eigenvalue weighted by Gasteiger charge is -2.49. The normalized spacial score (nSPS) is 24.9. The highest BCUT2D eigenvalue weighted by Crippen LogP contribution is 2.41. The molecule has 0 bridgehead atoms. The van der Waals surface area contributed by atoms with Crippen molar-refractivity contribution in [1.29, 1.82) is 0 Å². The number of carbonyl (C=O) groups is 3. The summed E-state index contributed by atoms with van der Waals surface area (Å²) in [5, 5.41) is 0. The second-order valence-electron chi connectivity index (χ2n) is 16.4. The van der Waals surface area contributed by atoms with Crippen molar-refractivity contribution in [3.8, 4) is 0 Å². The van der Waals surface area contributed by atoms with Crippen LogP contribution in [0, 0.1) is 6.92 Å². The molecule has 354 valence electrons. The monoisotopic (exact) mass is 934 g/mol. The van der Waals surface area contributed by atoms with Gasteiger partial charge in [0, 0.05) is 25.7 Å². The molecular formula is C53H58O13S. The lowest BCUT2D eigenvalue weighted by Crippen LogP contribution is -2.66. The molecule has 2 aliphatic heterocycles. The van der Waals surface area contributed by atoms with Crippen molar-refractivity contribution in [2.24, 2.45) is 0 Å². The quantitative estimate of drug-likeness (QED) is 0.0514. The van der Waals surface area contributed by atoms with Crippen LogP contribution < -0.4 is 0 Å². The Morgan fingerprint density at radius 2 is 0.851 bits per heavy atom. The number of carbonyl (C=O) groups excluding carboxylic acids is 3. The smallest absolute Gasteiger partial charge is 0.303 e. The molecule has 5 aromatic carbocycles. The minimum atomic E-state index is -1.46. The number of rotatable bonds is 21. The fraction of sp³-hybridized carbons (Fsp3) is 0.377. The van der Waals surface area contributed by atoms with E-state index in [1.54, 1.807) is 0 Å². The van der Waals surface area contributed by atoms with Gasteiger partial charge < -0.3 is 47.4 Å². The molecule has 0 saturated carbocycles. The summed E-state index contributed by atoms with van der Waals surface area (Å²) in [7, 11) is 0. The summed E-state index contributed by atoms with van der Waals surface area (Å²) in [5.74, 6) is -1.95. The van der Waals surface area contributed by atoms with Crippen LogP contribution in [0.1, 0.15) is 48.6 Å².